The lowest BCUT2D eigenvalue weighted by Crippen LogP contribution is -2.36. The number of aromatic nitrogens is 3. The van der Waals surface area contributed by atoms with Gasteiger partial charge in [-0.05, 0) is 36.5 Å². The number of hydrogen-bond acceptors (Lipinski definition) is 8. The summed E-state index contributed by atoms with van der Waals surface area (Å²) in [6.45, 7) is 5.26. The Kier molecular flexibility index (Phi) is 12.4. The van der Waals surface area contributed by atoms with Gasteiger partial charge < -0.3 is 19.8 Å². The minimum atomic E-state index is -5.08. The van der Waals surface area contributed by atoms with Crippen LogP contribution in [0, 0.1) is 0 Å². The van der Waals surface area contributed by atoms with E-state index in [9.17, 15) is 26.3 Å². The van der Waals surface area contributed by atoms with Gasteiger partial charge in [-0.1, -0.05) is 5.21 Å². The van der Waals surface area contributed by atoms with Crippen molar-refractivity contribution in [3.63, 3.8) is 0 Å². The van der Waals surface area contributed by atoms with E-state index >= 15 is 0 Å². The smallest absolute Gasteiger partial charge is 0.475 e. The minimum Gasteiger partial charge on any atom is -0.475 e. The van der Waals surface area contributed by atoms with Gasteiger partial charge in [0.2, 0.25) is 0 Å². The number of rotatable bonds is 7. The quantitative estimate of drug-likeness (QED) is 0.387. The van der Waals surface area contributed by atoms with Gasteiger partial charge in [-0.3, -0.25) is 9.58 Å². The van der Waals surface area contributed by atoms with Crippen LogP contribution in [-0.4, -0.2) is 99.7 Å². The van der Waals surface area contributed by atoms with E-state index in [-0.39, 0.29) is 0 Å². The van der Waals surface area contributed by atoms with Gasteiger partial charge >= 0.3 is 24.3 Å². The molecule has 0 fully saturated rings. The van der Waals surface area contributed by atoms with Gasteiger partial charge in [0.25, 0.3) is 0 Å². The lowest BCUT2D eigenvalue weighted by molar-refractivity contribution is -0.193. The molecule has 0 aromatic carbocycles. The van der Waals surface area contributed by atoms with Crippen molar-refractivity contribution in [2.45, 2.75) is 31.4 Å². The summed E-state index contributed by atoms with van der Waals surface area (Å²) in [5.74, 6) is -5.18. The third-order valence-electron chi connectivity index (χ3n) is 4.66. The molecule has 0 radical (unpaired) electrons. The fourth-order valence-electron chi connectivity index (χ4n) is 3.06. The maximum Gasteiger partial charge on any atom is 0.490 e. The highest BCUT2D eigenvalue weighted by Gasteiger charge is 2.39. The van der Waals surface area contributed by atoms with Crippen LogP contribution in [0.25, 0.3) is 0 Å². The average molecular weight is 564 g/mol. The molecule has 2 N–H and O–H groups in total. The Morgan fingerprint density at radius 3 is 2.19 bits per heavy atom. The first-order valence-electron chi connectivity index (χ1n) is 10.5. The number of aliphatic carboxylic acids is 2. The van der Waals surface area contributed by atoms with Gasteiger partial charge in [0.05, 0.1) is 18.9 Å². The summed E-state index contributed by atoms with van der Waals surface area (Å²) >= 11 is 1.75. The molecule has 0 aliphatic carbocycles. The standard InChI is InChI=1S/C16H25N5OS.2C2HF3O2/c1-19(2)5-6-22-11-14-9-21(8-13-4-7-23-12-13)10-15-16(14)20(3)18-17-15;2*3-2(4,5)1(6)7/h4,7,12,14H,5-6,8-11H2,1-3H3;2*(H,6,7). The van der Waals surface area contributed by atoms with Crippen molar-refractivity contribution in [2.75, 3.05) is 40.4 Å². The Labute approximate surface area is 212 Å². The summed E-state index contributed by atoms with van der Waals surface area (Å²) in [7, 11) is 6.11. The predicted octanol–water partition coefficient (Wildman–Crippen LogP) is 2.82. The van der Waals surface area contributed by atoms with E-state index in [4.69, 9.17) is 24.5 Å². The molecule has 3 heterocycles. The van der Waals surface area contributed by atoms with Crippen LogP contribution in [0.3, 0.4) is 0 Å². The average Bonchev–Trinajstić information content (AvgIpc) is 3.40. The fraction of sp³-hybridized carbons (Fsp3) is 0.600. The first-order chi connectivity index (χ1) is 17.0. The summed E-state index contributed by atoms with van der Waals surface area (Å²) in [6, 6.07) is 2.19. The van der Waals surface area contributed by atoms with E-state index in [1.807, 2.05) is 11.7 Å². The number of alkyl halides is 6. The van der Waals surface area contributed by atoms with Crippen molar-refractivity contribution in [3.05, 3.63) is 33.8 Å². The van der Waals surface area contributed by atoms with Gasteiger partial charge in [0.1, 0.15) is 5.69 Å². The maximum absolute atomic E-state index is 10.6. The number of thiophene rings is 1. The molecule has 0 saturated heterocycles. The lowest BCUT2D eigenvalue weighted by atomic mass is 9.98. The zero-order valence-corrected chi connectivity index (χ0v) is 20.9. The van der Waals surface area contributed by atoms with Gasteiger partial charge in [0.15, 0.2) is 0 Å². The number of fused-ring (bicyclic) bond motifs is 1. The molecular formula is C20H27F6N5O5S. The fourth-order valence-corrected chi connectivity index (χ4v) is 3.72. The molecule has 1 aliphatic rings. The van der Waals surface area contributed by atoms with E-state index in [1.54, 1.807) is 11.3 Å². The summed E-state index contributed by atoms with van der Waals surface area (Å²) < 4.78 is 71.3. The normalized spacial score (nSPS) is 15.8. The molecule has 210 valence electrons. The zero-order chi connectivity index (χ0) is 28.4. The first kappa shape index (κ1) is 32.3. The van der Waals surface area contributed by atoms with E-state index in [0.717, 1.165) is 45.1 Å². The Balaban J connectivity index is 0.000000404. The number of nitrogens with zero attached hydrogens (tertiary/aromatic N) is 5. The molecule has 1 atom stereocenters. The van der Waals surface area contributed by atoms with Crippen molar-refractivity contribution in [2.24, 2.45) is 7.05 Å². The van der Waals surface area contributed by atoms with Crippen LogP contribution >= 0.6 is 11.3 Å². The second-order valence-electron chi connectivity index (χ2n) is 8.03. The number of carboxylic acids is 2. The third-order valence-corrected chi connectivity index (χ3v) is 5.39. The van der Waals surface area contributed by atoms with E-state index in [1.165, 1.54) is 11.3 Å². The van der Waals surface area contributed by atoms with Crippen molar-refractivity contribution in [1.82, 2.24) is 24.8 Å². The highest BCUT2D eigenvalue weighted by molar-refractivity contribution is 7.07. The van der Waals surface area contributed by atoms with Crippen LogP contribution < -0.4 is 0 Å². The molecule has 2 aromatic rings. The molecule has 3 rings (SSSR count). The monoisotopic (exact) mass is 563 g/mol. The number of ether oxygens (including phenoxy) is 1. The van der Waals surface area contributed by atoms with Crippen molar-refractivity contribution in [1.29, 1.82) is 0 Å². The molecule has 17 heteroatoms. The second-order valence-corrected chi connectivity index (χ2v) is 8.81. The number of aryl methyl sites for hydroxylation is 1. The number of carboxylic acid groups (broad SMARTS) is 2. The van der Waals surface area contributed by atoms with E-state index < -0.39 is 24.3 Å². The highest BCUT2D eigenvalue weighted by atomic mass is 32.1. The van der Waals surface area contributed by atoms with E-state index in [2.05, 4.69) is 51.0 Å². The Morgan fingerprint density at radius 1 is 1.16 bits per heavy atom. The topological polar surface area (TPSA) is 121 Å². The molecule has 0 bridgehead atoms. The molecule has 2 aromatic heterocycles. The summed E-state index contributed by atoms with van der Waals surface area (Å²) in [5, 5.41) is 27.2. The Bertz CT molecular complexity index is 957. The third kappa shape index (κ3) is 11.9. The summed E-state index contributed by atoms with van der Waals surface area (Å²) in [4.78, 5) is 22.4. The van der Waals surface area contributed by atoms with Crippen LogP contribution in [-0.2, 0) is 34.5 Å². The van der Waals surface area contributed by atoms with Gasteiger partial charge in [-0.25, -0.2) is 9.59 Å². The van der Waals surface area contributed by atoms with Crippen LogP contribution in [0.4, 0.5) is 26.3 Å². The highest BCUT2D eigenvalue weighted by Crippen LogP contribution is 2.28. The van der Waals surface area contributed by atoms with Crippen LogP contribution in [0.2, 0.25) is 0 Å². The van der Waals surface area contributed by atoms with Crippen LogP contribution in [0.15, 0.2) is 16.8 Å². The molecule has 1 aliphatic heterocycles. The van der Waals surface area contributed by atoms with Crippen molar-refractivity contribution >= 4 is 23.3 Å². The predicted molar refractivity (Wildman–Crippen MR) is 119 cm³/mol. The lowest BCUT2D eigenvalue weighted by Gasteiger charge is -2.32. The van der Waals surface area contributed by atoms with Crippen molar-refractivity contribution in [3.8, 4) is 0 Å². The van der Waals surface area contributed by atoms with Crippen LogP contribution in [0.5, 0.6) is 0 Å². The van der Waals surface area contributed by atoms with Crippen LogP contribution in [0.1, 0.15) is 22.9 Å². The maximum atomic E-state index is 10.6. The molecule has 0 spiro atoms. The first-order valence-corrected chi connectivity index (χ1v) is 11.4. The molecule has 10 nitrogen and oxygen atoms in total. The largest absolute Gasteiger partial charge is 0.490 e. The van der Waals surface area contributed by atoms with Gasteiger partial charge in [0, 0.05) is 39.1 Å². The van der Waals surface area contributed by atoms with Gasteiger partial charge in [-0.15, -0.1) is 5.10 Å². The Hall–Kier alpha value is -2.76. The molecule has 0 amide bonds. The number of likely N-dealkylation sites (N-methyl/N-ethyl adjacent to an activating group) is 1. The minimum absolute atomic E-state index is 0.333. The summed E-state index contributed by atoms with van der Waals surface area (Å²) in [5.41, 5.74) is 3.70. The second kappa shape index (κ2) is 14.3. The molecule has 0 saturated carbocycles. The van der Waals surface area contributed by atoms with Crippen molar-refractivity contribution < 1.29 is 50.9 Å². The number of carbonyl (C=O) groups is 2. The number of halogens is 6. The molecule has 37 heavy (non-hydrogen) atoms. The molecule has 1 unspecified atom stereocenters. The van der Waals surface area contributed by atoms with Gasteiger partial charge in [-0.2, -0.15) is 37.7 Å². The summed E-state index contributed by atoms with van der Waals surface area (Å²) in [6.07, 6.45) is -10.2. The Morgan fingerprint density at radius 2 is 1.73 bits per heavy atom. The van der Waals surface area contributed by atoms with E-state index in [0.29, 0.717) is 5.92 Å². The molecular weight excluding hydrogens is 536 g/mol. The number of hydrogen-bond donors (Lipinski definition) is 2. The SMILES string of the molecule is CN(C)CCOCC1CN(Cc2ccsc2)Cc2nnn(C)c21.O=C(O)C(F)(F)F.O=C(O)C(F)(F)F. The zero-order valence-electron chi connectivity index (χ0n) is 20.1.